The molecule has 1 heterocycles. The first-order valence-corrected chi connectivity index (χ1v) is 13.9. The highest BCUT2D eigenvalue weighted by molar-refractivity contribution is 6.38. The van der Waals surface area contributed by atoms with Crippen molar-refractivity contribution < 1.29 is 23.5 Å². The lowest BCUT2D eigenvalue weighted by Crippen LogP contribution is -2.14. The summed E-state index contributed by atoms with van der Waals surface area (Å²) in [6.07, 6.45) is 5.50. The normalized spacial score (nSPS) is 11.0. The molecule has 0 aliphatic rings. The number of ether oxygens (including phenoxy) is 2. The Labute approximate surface area is 238 Å². The number of furan rings is 1. The maximum absolute atomic E-state index is 13.4. The topological polar surface area (TPSA) is 77.8 Å². The Morgan fingerprint density at radius 3 is 2.23 bits per heavy atom. The molecule has 204 valence electrons. The number of ketones is 1. The Morgan fingerprint density at radius 2 is 1.54 bits per heavy atom. The summed E-state index contributed by atoms with van der Waals surface area (Å²) in [5, 5.41) is 3.92. The number of hydrogen-bond acceptors (Lipinski definition) is 5. The van der Waals surface area contributed by atoms with Crippen molar-refractivity contribution in [1.82, 2.24) is 0 Å². The number of unbranched alkanes of at least 4 members (excludes halogenated alkanes) is 4. The highest BCUT2D eigenvalue weighted by Gasteiger charge is 2.24. The number of rotatable bonds is 13. The molecule has 0 atom stereocenters. The first-order chi connectivity index (χ1) is 18.9. The van der Waals surface area contributed by atoms with E-state index in [9.17, 15) is 9.59 Å². The minimum atomic E-state index is -0.489. The SMILES string of the molecule is CCCCCCCOc1c(Cl)cc(C(=O)Nc2c(C(=O)c3ccc(OCC)cc3)oc3ccccc23)cc1Cl. The molecule has 0 fully saturated rings. The van der Waals surface area contributed by atoms with Gasteiger partial charge in [-0.05, 0) is 61.9 Å². The minimum absolute atomic E-state index is 0.0222. The van der Waals surface area contributed by atoms with Gasteiger partial charge < -0.3 is 19.2 Å². The first kappa shape index (κ1) is 28.5. The van der Waals surface area contributed by atoms with Gasteiger partial charge in [-0.15, -0.1) is 0 Å². The predicted octanol–water partition coefficient (Wildman–Crippen LogP) is 8.97. The molecule has 0 saturated heterocycles. The van der Waals surface area contributed by atoms with E-state index in [1.165, 1.54) is 25.0 Å². The second kappa shape index (κ2) is 13.5. The van der Waals surface area contributed by atoms with Crippen LogP contribution >= 0.6 is 23.2 Å². The van der Waals surface area contributed by atoms with Gasteiger partial charge in [-0.1, -0.05) is 67.9 Å². The average molecular weight is 568 g/mol. The van der Waals surface area contributed by atoms with Crippen molar-refractivity contribution >= 4 is 51.5 Å². The second-order valence-electron chi connectivity index (χ2n) is 9.07. The summed E-state index contributed by atoms with van der Waals surface area (Å²) in [5.41, 5.74) is 1.37. The summed E-state index contributed by atoms with van der Waals surface area (Å²) in [7, 11) is 0. The fourth-order valence-corrected chi connectivity index (χ4v) is 4.82. The average Bonchev–Trinajstić information content (AvgIpc) is 3.30. The largest absolute Gasteiger partial charge is 0.494 e. The minimum Gasteiger partial charge on any atom is -0.494 e. The summed E-state index contributed by atoms with van der Waals surface area (Å²) < 4.78 is 17.2. The van der Waals surface area contributed by atoms with Gasteiger partial charge in [-0.2, -0.15) is 0 Å². The zero-order valence-corrected chi connectivity index (χ0v) is 23.5. The monoisotopic (exact) mass is 567 g/mol. The van der Waals surface area contributed by atoms with Gasteiger partial charge in [0.2, 0.25) is 5.78 Å². The number of hydrogen-bond donors (Lipinski definition) is 1. The molecule has 0 radical (unpaired) electrons. The summed E-state index contributed by atoms with van der Waals surface area (Å²) in [5.74, 6) is 0.171. The van der Waals surface area contributed by atoms with Crippen LogP contribution in [-0.4, -0.2) is 24.9 Å². The maximum Gasteiger partial charge on any atom is 0.255 e. The van der Waals surface area contributed by atoms with Crippen molar-refractivity contribution in [3.8, 4) is 11.5 Å². The van der Waals surface area contributed by atoms with Crippen LogP contribution < -0.4 is 14.8 Å². The van der Waals surface area contributed by atoms with Crippen molar-refractivity contribution in [1.29, 1.82) is 0 Å². The van der Waals surface area contributed by atoms with Crippen LogP contribution in [0, 0.1) is 0 Å². The van der Waals surface area contributed by atoms with Gasteiger partial charge in [0.15, 0.2) is 11.5 Å². The van der Waals surface area contributed by atoms with Crippen molar-refractivity contribution in [3.63, 3.8) is 0 Å². The Balaban J connectivity index is 1.55. The lowest BCUT2D eigenvalue weighted by Gasteiger charge is -2.12. The van der Waals surface area contributed by atoms with Crippen LogP contribution in [0.25, 0.3) is 11.0 Å². The van der Waals surface area contributed by atoms with E-state index in [2.05, 4.69) is 12.2 Å². The molecule has 0 bridgehead atoms. The number of carbonyl (C=O) groups excluding carboxylic acids is 2. The van der Waals surface area contributed by atoms with Crippen LogP contribution in [0.1, 0.15) is 72.4 Å². The van der Waals surface area contributed by atoms with E-state index in [-0.39, 0.29) is 32.8 Å². The van der Waals surface area contributed by atoms with E-state index >= 15 is 0 Å². The van der Waals surface area contributed by atoms with Gasteiger partial charge in [0, 0.05) is 16.5 Å². The van der Waals surface area contributed by atoms with E-state index in [1.807, 2.05) is 6.92 Å². The van der Waals surface area contributed by atoms with Crippen molar-refractivity contribution in [2.24, 2.45) is 0 Å². The zero-order valence-electron chi connectivity index (χ0n) is 22.0. The quantitative estimate of drug-likeness (QED) is 0.129. The summed E-state index contributed by atoms with van der Waals surface area (Å²) in [6, 6.07) is 16.9. The molecule has 0 spiro atoms. The molecule has 0 saturated carbocycles. The van der Waals surface area contributed by atoms with Gasteiger partial charge in [0.25, 0.3) is 5.91 Å². The molecule has 1 aromatic heterocycles. The van der Waals surface area contributed by atoms with E-state index in [0.717, 1.165) is 19.3 Å². The molecule has 4 aromatic rings. The fraction of sp³-hybridized carbons (Fsp3) is 0.290. The van der Waals surface area contributed by atoms with E-state index in [0.29, 0.717) is 41.2 Å². The summed E-state index contributed by atoms with van der Waals surface area (Å²) in [4.78, 5) is 26.7. The second-order valence-corrected chi connectivity index (χ2v) is 9.89. The molecule has 39 heavy (non-hydrogen) atoms. The number of para-hydroxylation sites is 1. The molecule has 0 unspecified atom stereocenters. The van der Waals surface area contributed by atoms with Gasteiger partial charge in [0.05, 0.1) is 28.9 Å². The highest BCUT2D eigenvalue weighted by Crippen LogP contribution is 2.36. The number of nitrogens with one attached hydrogen (secondary N) is 1. The standard InChI is InChI=1S/C31H31Cl2NO5/c1-3-5-6-7-10-17-38-29-24(32)18-21(19-25(29)33)31(36)34-27-23-11-8-9-12-26(23)39-30(27)28(35)20-13-15-22(16-14-20)37-4-2/h8-9,11-16,18-19H,3-7,10,17H2,1-2H3,(H,34,36). The summed E-state index contributed by atoms with van der Waals surface area (Å²) >= 11 is 12.9. The number of halogens is 2. The smallest absolute Gasteiger partial charge is 0.255 e. The third-order valence-corrected chi connectivity index (χ3v) is 6.78. The third-order valence-electron chi connectivity index (χ3n) is 6.22. The zero-order chi connectivity index (χ0) is 27.8. The molecule has 1 N–H and O–H groups in total. The molecular weight excluding hydrogens is 537 g/mol. The number of anilines is 1. The molecule has 4 rings (SSSR count). The Morgan fingerprint density at radius 1 is 0.846 bits per heavy atom. The van der Waals surface area contributed by atoms with Crippen LogP contribution in [0.3, 0.4) is 0 Å². The lowest BCUT2D eigenvalue weighted by atomic mass is 10.1. The highest BCUT2D eigenvalue weighted by atomic mass is 35.5. The maximum atomic E-state index is 13.4. The van der Waals surface area contributed by atoms with Crippen molar-refractivity contribution in [2.45, 2.75) is 46.0 Å². The van der Waals surface area contributed by atoms with E-state index in [1.54, 1.807) is 48.5 Å². The molecule has 8 heteroatoms. The molecule has 3 aromatic carbocycles. The van der Waals surface area contributed by atoms with Crippen LogP contribution in [0.15, 0.2) is 65.1 Å². The third kappa shape index (κ3) is 6.94. The molecule has 0 aliphatic carbocycles. The number of carbonyl (C=O) groups is 2. The Hall–Kier alpha value is -3.48. The summed E-state index contributed by atoms with van der Waals surface area (Å²) in [6.45, 7) is 5.07. The molecule has 0 aliphatic heterocycles. The van der Waals surface area contributed by atoms with E-state index in [4.69, 9.17) is 37.1 Å². The fourth-order valence-electron chi connectivity index (χ4n) is 4.22. The molecule has 6 nitrogen and oxygen atoms in total. The van der Waals surface area contributed by atoms with Crippen LogP contribution in [0.4, 0.5) is 5.69 Å². The number of amides is 1. The Kier molecular flexibility index (Phi) is 9.90. The molecular formula is C31H31Cl2NO5. The van der Waals surface area contributed by atoms with E-state index < -0.39 is 5.91 Å². The number of benzene rings is 3. The van der Waals surface area contributed by atoms with Crippen molar-refractivity contribution in [3.05, 3.63) is 87.6 Å². The van der Waals surface area contributed by atoms with Gasteiger partial charge in [0.1, 0.15) is 11.3 Å². The van der Waals surface area contributed by atoms with Gasteiger partial charge in [-0.3, -0.25) is 9.59 Å². The van der Waals surface area contributed by atoms with Gasteiger partial charge in [-0.25, -0.2) is 0 Å². The van der Waals surface area contributed by atoms with Crippen LogP contribution in [-0.2, 0) is 0 Å². The first-order valence-electron chi connectivity index (χ1n) is 13.1. The van der Waals surface area contributed by atoms with Crippen LogP contribution in [0.5, 0.6) is 11.5 Å². The van der Waals surface area contributed by atoms with Gasteiger partial charge >= 0.3 is 0 Å². The predicted molar refractivity (Wildman–Crippen MR) is 156 cm³/mol. The lowest BCUT2D eigenvalue weighted by molar-refractivity contribution is 0.101. The Bertz CT molecular complexity index is 1420. The number of fused-ring (bicyclic) bond motifs is 1. The molecule has 1 amide bonds. The van der Waals surface area contributed by atoms with Crippen LogP contribution in [0.2, 0.25) is 10.0 Å². The van der Waals surface area contributed by atoms with Crippen molar-refractivity contribution in [2.75, 3.05) is 18.5 Å².